The molecule has 0 aliphatic rings. The highest BCUT2D eigenvalue weighted by molar-refractivity contribution is 7.89. The average molecular weight is 362 g/mol. The summed E-state index contributed by atoms with van der Waals surface area (Å²) in [5.74, 6) is 0.777. The Morgan fingerprint density at radius 3 is 2.24 bits per heavy atom. The van der Waals surface area contributed by atoms with Crippen LogP contribution in [0, 0.1) is 0 Å². The lowest BCUT2D eigenvalue weighted by Crippen LogP contribution is -2.11. The van der Waals surface area contributed by atoms with Crippen molar-refractivity contribution >= 4 is 21.5 Å². The van der Waals surface area contributed by atoms with E-state index in [1.165, 1.54) is 38.6 Å². The zero-order chi connectivity index (χ0) is 18.4. The van der Waals surface area contributed by atoms with Crippen molar-refractivity contribution in [2.45, 2.75) is 4.90 Å². The Morgan fingerprint density at radius 2 is 1.68 bits per heavy atom. The lowest BCUT2D eigenvalue weighted by molar-refractivity contribution is 0.104. The second-order valence-electron chi connectivity index (χ2n) is 4.98. The number of carbonyl (C=O) groups is 1. The fourth-order valence-corrected chi connectivity index (χ4v) is 2.56. The van der Waals surface area contributed by atoms with Crippen molar-refractivity contribution in [3.05, 3.63) is 60.3 Å². The predicted octanol–water partition coefficient (Wildman–Crippen LogP) is 2.16. The Bertz CT molecular complexity index is 890. The van der Waals surface area contributed by atoms with Crippen LogP contribution < -0.4 is 19.9 Å². The number of rotatable bonds is 7. The molecule has 0 aliphatic carbocycles. The van der Waals surface area contributed by atoms with E-state index in [1.807, 2.05) is 0 Å². The number of primary sulfonamides is 1. The topological polar surface area (TPSA) is 108 Å². The number of methoxy groups -OCH3 is 2. The molecule has 0 saturated carbocycles. The quantitative estimate of drug-likeness (QED) is 0.577. The summed E-state index contributed by atoms with van der Waals surface area (Å²) in [6.45, 7) is 0. The first kappa shape index (κ1) is 18.5. The smallest absolute Gasteiger partial charge is 0.238 e. The van der Waals surface area contributed by atoms with Gasteiger partial charge in [-0.15, -0.1) is 0 Å². The molecule has 0 unspecified atom stereocenters. The Labute approximate surface area is 146 Å². The van der Waals surface area contributed by atoms with E-state index in [2.05, 4.69) is 5.32 Å². The highest BCUT2D eigenvalue weighted by Gasteiger charge is 2.09. The fraction of sp³-hybridized carbons (Fsp3) is 0.118. The molecule has 0 bridgehead atoms. The third-order valence-corrected chi connectivity index (χ3v) is 4.26. The van der Waals surface area contributed by atoms with Crippen LogP contribution in [0.5, 0.6) is 11.5 Å². The molecular formula is C17H18N2O5S. The Hall–Kier alpha value is -2.84. The van der Waals surface area contributed by atoms with Gasteiger partial charge in [-0.2, -0.15) is 0 Å². The van der Waals surface area contributed by atoms with Crippen LogP contribution in [0.4, 0.5) is 5.69 Å². The molecule has 7 nitrogen and oxygen atoms in total. The zero-order valence-electron chi connectivity index (χ0n) is 13.7. The molecule has 0 heterocycles. The summed E-state index contributed by atoms with van der Waals surface area (Å²) in [6.07, 6.45) is 2.82. The lowest BCUT2D eigenvalue weighted by atomic mass is 10.1. The molecule has 2 rings (SSSR count). The van der Waals surface area contributed by atoms with E-state index in [-0.39, 0.29) is 10.7 Å². The second kappa shape index (κ2) is 7.82. The summed E-state index contributed by atoms with van der Waals surface area (Å²) in [6, 6.07) is 10.7. The molecular weight excluding hydrogens is 344 g/mol. The zero-order valence-corrected chi connectivity index (χ0v) is 14.5. The number of sulfonamides is 1. The molecule has 2 aromatic rings. The standard InChI is InChI=1S/C17H18N2O5S/c1-23-16-8-3-12(11-17(16)24-2)15(20)9-10-19-13-4-6-14(7-5-13)25(18,21)22/h3-11,19H,1-2H3,(H2,18,21,22). The summed E-state index contributed by atoms with van der Waals surface area (Å²) in [5.41, 5.74) is 1.06. The number of carbonyl (C=O) groups excluding carboxylic acids is 1. The molecule has 3 N–H and O–H groups in total. The van der Waals surface area contributed by atoms with Crippen LogP contribution in [0.15, 0.2) is 59.6 Å². The van der Waals surface area contributed by atoms with Crippen molar-refractivity contribution in [3.63, 3.8) is 0 Å². The van der Waals surface area contributed by atoms with Crippen LogP contribution in [-0.4, -0.2) is 28.4 Å². The first-order valence-corrected chi connectivity index (χ1v) is 8.72. The summed E-state index contributed by atoms with van der Waals surface area (Å²) >= 11 is 0. The maximum atomic E-state index is 12.2. The van der Waals surface area contributed by atoms with Crippen LogP contribution in [0.25, 0.3) is 0 Å². The minimum atomic E-state index is -3.72. The van der Waals surface area contributed by atoms with Gasteiger partial charge in [0.25, 0.3) is 0 Å². The largest absolute Gasteiger partial charge is 0.493 e. The summed E-state index contributed by atoms with van der Waals surface area (Å²) in [4.78, 5) is 12.2. The first-order valence-electron chi connectivity index (χ1n) is 7.17. The molecule has 0 atom stereocenters. The average Bonchev–Trinajstić information content (AvgIpc) is 2.60. The number of hydrogen-bond donors (Lipinski definition) is 2. The van der Waals surface area contributed by atoms with Gasteiger partial charge in [0.05, 0.1) is 19.1 Å². The molecule has 0 amide bonds. The summed E-state index contributed by atoms with van der Waals surface area (Å²) < 4.78 is 32.7. The van der Waals surface area contributed by atoms with E-state index in [9.17, 15) is 13.2 Å². The van der Waals surface area contributed by atoms with Crippen molar-refractivity contribution in [3.8, 4) is 11.5 Å². The van der Waals surface area contributed by atoms with Crippen LogP contribution in [0.3, 0.4) is 0 Å². The van der Waals surface area contributed by atoms with E-state index in [1.54, 1.807) is 30.3 Å². The van der Waals surface area contributed by atoms with Gasteiger partial charge in [-0.1, -0.05) is 0 Å². The minimum Gasteiger partial charge on any atom is -0.493 e. The van der Waals surface area contributed by atoms with Gasteiger partial charge in [0.1, 0.15) is 0 Å². The molecule has 0 radical (unpaired) electrons. The van der Waals surface area contributed by atoms with Crippen LogP contribution in [0.2, 0.25) is 0 Å². The van der Waals surface area contributed by atoms with Crippen molar-refractivity contribution in [1.29, 1.82) is 0 Å². The van der Waals surface area contributed by atoms with E-state index in [4.69, 9.17) is 14.6 Å². The van der Waals surface area contributed by atoms with E-state index in [0.717, 1.165) is 0 Å². The molecule has 0 aromatic heterocycles. The van der Waals surface area contributed by atoms with Gasteiger partial charge in [0.2, 0.25) is 10.0 Å². The minimum absolute atomic E-state index is 0.0171. The number of ketones is 1. The predicted molar refractivity (Wildman–Crippen MR) is 94.5 cm³/mol. The van der Waals surface area contributed by atoms with Crippen molar-refractivity contribution in [1.82, 2.24) is 0 Å². The molecule has 0 fully saturated rings. The van der Waals surface area contributed by atoms with Crippen molar-refractivity contribution in [2.24, 2.45) is 5.14 Å². The van der Waals surface area contributed by atoms with Gasteiger partial charge < -0.3 is 14.8 Å². The molecule has 8 heteroatoms. The Kier molecular flexibility index (Phi) is 5.79. The molecule has 25 heavy (non-hydrogen) atoms. The third kappa shape index (κ3) is 4.82. The molecule has 0 aliphatic heterocycles. The van der Waals surface area contributed by atoms with Crippen LogP contribution >= 0.6 is 0 Å². The number of nitrogens with two attached hydrogens (primary N) is 1. The summed E-state index contributed by atoms with van der Waals surface area (Å²) in [7, 11) is -0.711. The maximum Gasteiger partial charge on any atom is 0.238 e. The monoisotopic (exact) mass is 362 g/mol. The second-order valence-corrected chi connectivity index (χ2v) is 6.54. The number of allylic oxidation sites excluding steroid dienone is 1. The molecule has 0 spiro atoms. The van der Waals surface area contributed by atoms with Crippen LogP contribution in [-0.2, 0) is 10.0 Å². The third-order valence-electron chi connectivity index (χ3n) is 3.34. The number of ether oxygens (including phenoxy) is 2. The lowest BCUT2D eigenvalue weighted by Gasteiger charge is -2.08. The Morgan fingerprint density at radius 1 is 1.04 bits per heavy atom. The number of hydrogen-bond acceptors (Lipinski definition) is 6. The number of benzene rings is 2. The van der Waals surface area contributed by atoms with E-state index < -0.39 is 10.0 Å². The first-order chi connectivity index (χ1) is 11.8. The van der Waals surface area contributed by atoms with Crippen molar-refractivity contribution < 1.29 is 22.7 Å². The van der Waals surface area contributed by atoms with Gasteiger partial charge in [0.15, 0.2) is 17.3 Å². The van der Waals surface area contributed by atoms with Gasteiger partial charge in [0, 0.05) is 23.5 Å². The maximum absolute atomic E-state index is 12.2. The Balaban J connectivity index is 2.05. The molecule has 0 saturated heterocycles. The number of anilines is 1. The van der Waals surface area contributed by atoms with Gasteiger partial charge in [-0.05, 0) is 42.5 Å². The molecule has 132 valence electrons. The SMILES string of the molecule is COc1ccc(C(=O)C=CNc2ccc(S(N)(=O)=O)cc2)cc1OC. The van der Waals surface area contributed by atoms with Crippen LogP contribution in [0.1, 0.15) is 10.4 Å². The van der Waals surface area contributed by atoms with Gasteiger partial charge in [-0.25, -0.2) is 13.6 Å². The molecule has 2 aromatic carbocycles. The van der Waals surface area contributed by atoms with E-state index in [0.29, 0.717) is 22.7 Å². The van der Waals surface area contributed by atoms with Crippen molar-refractivity contribution in [2.75, 3.05) is 19.5 Å². The normalized spacial score (nSPS) is 11.3. The highest BCUT2D eigenvalue weighted by Crippen LogP contribution is 2.27. The van der Waals surface area contributed by atoms with E-state index >= 15 is 0 Å². The highest BCUT2D eigenvalue weighted by atomic mass is 32.2. The number of nitrogens with one attached hydrogen (secondary N) is 1. The summed E-state index contributed by atoms with van der Waals surface area (Å²) in [5, 5.41) is 7.91. The fourth-order valence-electron chi connectivity index (χ4n) is 2.04. The van der Waals surface area contributed by atoms with Gasteiger partial charge in [-0.3, -0.25) is 4.79 Å². The van der Waals surface area contributed by atoms with Gasteiger partial charge >= 0.3 is 0 Å².